The zero-order valence-electron chi connectivity index (χ0n) is 15.8. The Balaban J connectivity index is 1.85. The highest BCUT2D eigenvalue weighted by atomic mass is 79.9. The molecule has 0 radical (unpaired) electrons. The lowest BCUT2D eigenvalue weighted by Crippen LogP contribution is -2.27. The monoisotopic (exact) mass is 461 g/mol. The zero-order chi connectivity index (χ0) is 20.3. The second-order valence-corrected chi connectivity index (χ2v) is 8.09. The lowest BCUT2D eigenvalue weighted by molar-refractivity contribution is -0.122. The number of thioether (sulfide) groups is 1. The van der Waals surface area contributed by atoms with Gasteiger partial charge in [0.1, 0.15) is 6.61 Å². The van der Waals surface area contributed by atoms with E-state index in [0.29, 0.717) is 34.0 Å². The molecule has 3 rings (SSSR count). The molecule has 0 atom stereocenters. The molecular weight excluding hydrogens is 442 g/mol. The number of likely N-dealkylation sites (N-methyl/N-ethyl adjacent to an activating group) is 1. The van der Waals surface area contributed by atoms with E-state index in [-0.39, 0.29) is 11.1 Å². The number of aryl methyl sites for hydroxylation is 1. The Bertz CT molecular complexity index is 957. The van der Waals surface area contributed by atoms with Crippen molar-refractivity contribution < 1.29 is 19.1 Å². The van der Waals surface area contributed by atoms with Crippen molar-refractivity contribution in [3.63, 3.8) is 0 Å². The summed E-state index contributed by atoms with van der Waals surface area (Å²) in [4.78, 5) is 25.8. The molecule has 146 valence electrons. The first kappa shape index (κ1) is 20.5. The van der Waals surface area contributed by atoms with E-state index in [4.69, 9.17) is 9.47 Å². The number of amides is 2. The zero-order valence-corrected chi connectivity index (χ0v) is 18.2. The molecule has 1 saturated heterocycles. The minimum Gasteiger partial charge on any atom is -0.493 e. The third kappa shape index (κ3) is 4.42. The first-order valence-corrected chi connectivity index (χ1v) is 10.3. The van der Waals surface area contributed by atoms with Gasteiger partial charge in [0.25, 0.3) is 11.1 Å². The predicted octanol–water partition coefficient (Wildman–Crippen LogP) is 5.40. The van der Waals surface area contributed by atoms with Gasteiger partial charge in [-0.15, -0.1) is 0 Å². The number of carbonyl (C=O) groups excluding carboxylic acids is 2. The molecule has 1 fully saturated rings. The topological polar surface area (TPSA) is 55.8 Å². The van der Waals surface area contributed by atoms with Gasteiger partial charge >= 0.3 is 0 Å². The van der Waals surface area contributed by atoms with Crippen LogP contribution < -0.4 is 9.47 Å². The Labute approximate surface area is 176 Å². The van der Waals surface area contributed by atoms with Gasteiger partial charge in [-0.25, -0.2) is 0 Å². The number of benzene rings is 2. The van der Waals surface area contributed by atoms with E-state index in [1.165, 1.54) is 10.5 Å². The molecule has 5 nitrogen and oxygen atoms in total. The Hall–Kier alpha value is -2.25. The van der Waals surface area contributed by atoms with Gasteiger partial charge in [-0.2, -0.15) is 0 Å². The van der Waals surface area contributed by atoms with Crippen LogP contribution in [0.4, 0.5) is 4.79 Å². The van der Waals surface area contributed by atoms with Crippen LogP contribution in [-0.4, -0.2) is 29.7 Å². The summed E-state index contributed by atoms with van der Waals surface area (Å²) in [5.74, 6) is 0.859. The van der Waals surface area contributed by atoms with Crippen LogP contribution in [0.1, 0.15) is 23.6 Å². The SMILES string of the molecule is CCN1C(=O)S/C(=C/c2cc(Br)c(OCc3cccc(C)c3)c(OC)c2)C1=O. The number of ether oxygens (including phenoxy) is 2. The minimum absolute atomic E-state index is 0.247. The van der Waals surface area contributed by atoms with Crippen LogP contribution in [0, 0.1) is 6.92 Å². The van der Waals surface area contributed by atoms with E-state index in [1.807, 2.05) is 31.2 Å². The Kier molecular flexibility index (Phi) is 6.46. The van der Waals surface area contributed by atoms with Gasteiger partial charge in [0.2, 0.25) is 0 Å². The van der Waals surface area contributed by atoms with Crippen molar-refractivity contribution in [2.24, 2.45) is 0 Å². The van der Waals surface area contributed by atoms with E-state index in [2.05, 4.69) is 22.0 Å². The smallest absolute Gasteiger partial charge is 0.293 e. The van der Waals surface area contributed by atoms with Gasteiger partial charge in [-0.3, -0.25) is 14.5 Å². The largest absolute Gasteiger partial charge is 0.493 e. The standard InChI is InChI=1S/C21H20BrNO4S/c1-4-23-20(24)18(28-21(23)25)11-15-9-16(22)19(17(10-15)26-3)27-12-14-7-5-6-13(2)8-14/h5-11H,4,12H2,1-3H3/b18-11+. The van der Waals surface area contributed by atoms with Gasteiger partial charge in [0.05, 0.1) is 16.5 Å². The maximum atomic E-state index is 12.3. The molecule has 1 aliphatic heterocycles. The van der Waals surface area contributed by atoms with Gasteiger partial charge < -0.3 is 9.47 Å². The van der Waals surface area contributed by atoms with Gasteiger partial charge in [0, 0.05) is 6.54 Å². The van der Waals surface area contributed by atoms with Crippen LogP contribution >= 0.6 is 27.7 Å². The second kappa shape index (κ2) is 8.84. The van der Waals surface area contributed by atoms with E-state index < -0.39 is 0 Å². The summed E-state index contributed by atoms with van der Waals surface area (Å²) in [6.07, 6.45) is 1.69. The normalized spacial score (nSPS) is 15.4. The number of imide groups is 1. The first-order chi connectivity index (χ1) is 13.4. The molecule has 2 aromatic carbocycles. The number of hydrogen-bond acceptors (Lipinski definition) is 5. The molecule has 0 aromatic heterocycles. The summed E-state index contributed by atoms with van der Waals surface area (Å²) in [7, 11) is 1.57. The lowest BCUT2D eigenvalue weighted by atomic mass is 10.1. The summed E-state index contributed by atoms with van der Waals surface area (Å²) >= 11 is 4.47. The molecule has 0 saturated carbocycles. The fourth-order valence-electron chi connectivity index (χ4n) is 2.84. The van der Waals surface area contributed by atoms with Crippen LogP contribution in [0.5, 0.6) is 11.5 Å². The molecule has 2 amide bonds. The van der Waals surface area contributed by atoms with Gasteiger partial charge in [0.15, 0.2) is 11.5 Å². The number of nitrogens with zero attached hydrogens (tertiary/aromatic N) is 1. The van der Waals surface area contributed by atoms with Crippen molar-refractivity contribution in [1.29, 1.82) is 0 Å². The molecule has 0 N–H and O–H groups in total. The van der Waals surface area contributed by atoms with Crippen molar-refractivity contribution >= 4 is 44.9 Å². The molecule has 0 aliphatic carbocycles. The average Bonchev–Trinajstić information content (AvgIpc) is 2.93. The number of rotatable bonds is 6. The van der Waals surface area contributed by atoms with Crippen LogP contribution in [0.25, 0.3) is 6.08 Å². The van der Waals surface area contributed by atoms with Crippen molar-refractivity contribution in [2.75, 3.05) is 13.7 Å². The fourth-order valence-corrected chi connectivity index (χ4v) is 4.32. The molecule has 0 bridgehead atoms. The molecule has 1 aliphatic rings. The third-order valence-electron chi connectivity index (χ3n) is 4.21. The number of carbonyl (C=O) groups is 2. The van der Waals surface area contributed by atoms with Crippen LogP contribution in [-0.2, 0) is 11.4 Å². The molecule has 0 unspecified atom stereocenters. The van der Waals surface area contributed by atoms with E-state index in [0.717, 1.165) is 22.9 Å². The fraction of sp³-hybridized carbons (Fsp3) is 0.238. The van der Waals surface area contributed by atoms with Gasteiger partial charge in [-0.05, 0) is 70.9 Å². The molecule has 28 heavy (non-hydrogen) atoms. The quantitative estimate of drug-likeness (QED) is 0.538. The maximum absolute atomic E-state index is 12.3. The number of halogens is 1. The molecule has 1 heterocycles. The van der Waals surface area contributed by atoms with Crippen LogP contribution in [0.3, 0.4) is 0 Å². The summed E-state index contributed by atoms with van der Waals surface area (Å²) in [6, 6.07) is 11.7. The molecule has 7 heteroatoms. The number of methoxy groups -OCH3 is 1. The summed E-state index contributed by atoms with van der Waals surface area (Å²) in [5, 5.41) is -0.247. The highest BCUT2D eigenvalue weighted by Crippen LogP contribution is 2.39. The van der Waals surface area contributed by atoms with Crippen LogP contribution in [0.2, 0.25) is 0 Å². The minimum atomic E-state index is -0.271. The van der Waals surface area contributed by atoms with E-state index in [9.17, 15) is 9.59 Å². The maximum Gasteiger partial charge on any atom is 0.293 e. The van der Waals surface area contributed by atoms with E-state index >= 15 is 0 Å². The molecular formula is C21H20BrNO4S. The highest BCUT2D eigenvalue weighted by molar-refractivity contribution is 9.10. The van der Waals surface area contributed by atoms with Crippen molar-refractivity contribution in [3.8, 4) is 11.5 Å². The summed E-state index contributed by atoms with van der Waals surface area (Å²) in [6.45, 7) is 4.58. The summed E-state index contributed by atoms with van der Waals surface area (Å²) < 4.78 is 12.2. The second-order valence-electron chi connectivity index (χ2n) is 6.24. The molecule has 0 spiro atoms. The number of hydrogen-bond donors (Lipinski definition) is 0. The highest BCUT2D eigenvalue weighted by Gasteiger charge is 2.33. The Morgan fingerprint density at radius 3 is 2.64 bits per heavy atom. The van der Waals surface area contributed by atoms with Gasteiger partial charge in [-0.1, -0.05) is 29.8 Å². The summed E-state index contributed by atoms with van der Waals surface area (Å²) in [5.41, 5.74) is 2.98. The Morgan fingerprint density at radius 1 is 1.21 bits per heavy atom. The van der Waals surface area contributed by atoms with E-state index in [1.54, 1.807) is 26.2 Å². The molecule has 2 aromatic rings. The van der Waals surface area contributed by atoms with Crippen molar-refractivity contribution in [3.05, 3.63) is 62.5 Å². The average molecular weight is 462 g/mol. The first-order valence-electron chi connectivity index (χ1n) is 8.74. The Morgan fingerprint density at radius 2 is 2.00 bits per heavy atom. The lowest BCUT2D eigenvalue weighted by Gasteiger charge is -2.14. The van der Waals surface area contributed by atoms with Crippen molar-refractivity contribution in [1.82, 2.24) is 4.90 Å². The van der Waals surface area contributed by atoms with Crippen LogP contribution in [0.15, 0.2) is 45.8 Å². The third-order valence-corrected chi connectivity index (χ3v) is 5.70. The predicted molar refractivity (Wildman–Crippen MR) is 115 cm³/mol. The van der Waals surface area contributed by atoms with Crippen molar-refractivity contribution in [2.45, 2.75) is 20.5 Å².